The Morgan fingerprint density at radius 1 is 1.37 bits per heavy atom. The number of likely N-dealkylation sites (tertiary alicyclic amines) is 1. The van der Waals surface area contributed by atoms with Gasteiger partial charge >= 0.3 is 0 Å². The average Bonchev–Trinajstić information content (AvgIpc) is 3.38. The smallest absolute Gasteiger partial charge is 0.261 e. The fraction of sp³-hybridized carbons (Fsp3) is 0.400. The molecule has 3 heterocycles. The number of hydrogen-bond donors (Lipinski definition) is 2. The van der Waals surface area contributed by atoms with Gasteiger partial charge < -0.3 is 10.4 Å². The molecule has 7 heteroatoms. The maximum atomic E-state index is 12.7. The van der Waals surface area contributed by atoms with Crippen molar-refractivity contribution >= 4 is 38.7 Å². The van der Waals surface area contributed by atoms with Crippen molar-refractivity contribution in [3.05, 3.63) is 50.8 Å². The van der Waals surface area contributed by atoms with Crippen molar-refractivity contribution in [2.45, 2.75) is 25.8 Å². The molecule has 0 aliphatic carbocycles. The number of carbonyl (C=O) groups is 1. The highest BCUT2D eigenvalue weighted by Gasteiger charge is 2.30. The lowest BCUT2D eigenvalue weighted by Crippen LogP contribution is -2.27. The Hall–Kier alpha value is -1.80. The van der Waals surface area contributed by atoms with E-state index < -0.39 is 0 Å². The zero-order valence-electron chi connectivity index (χ0n) is 15.3. The second kappa shape index (κ2) is 8.06. The van der Waals surface area contributed by atoms with E-state index >= 15 is 0 Å². The monoisotopic (exact) mass is 401 g/mol. The molecule has 1 saturated heterocycles. The third kappa shape index (κ3) is 3.91. The van der Waals surface area contributed by atoms with Crippen molar-refractivity contribution in [3.63, 3.8) is 0 Å². The number of aryl methyl sites for hydroxylation is 1. The van der Waals surface area contributed by atoms with Crippen molar-refractivity contribution in [2.75, 3.05) is 26.2 Å². The predicted octanol–water partition coefficient (Wildman–Crippen LogP) is 3.38. The number of nitrogens with zero attached hydrogens (tertiary/aromatic N) is 2. The van der Waals surface area contributed by atoms with Crippen molar-refractivity contribution in [1.29, 1.82) is 0 Å². The van der Waals surface area contributed by atoms with Crippen molar-refractivity contribution in [1.82, 2.24) is 15.2 Å². The molecule has 0 spiro atoms. The average molecular weight is 402 g/mol. The maximum absolute atomic E-state index is 12.7. The summed E-state index contributed by atoms with van der Waals surface area (Å²) >= 11 is 3.31. The molecule has 1 amide bonds. The molecule has 4 rings (SSSR count). The number of rotatable bonds is 6. The van der Waals surface area contributed by atoms with Gasteiger partial charge in [0.1, 0.15) is 0 Å². The summed E-state index contributed by atoms with van der Waals surface area (Å²) in [6.07, 6.45) is 3.03. The lowest BCUT2D eigenvalue weighted by atomic mass is 9.95. The molecule has 1 atom stereocenters. The third-order valence-corrected chi connectivity index (χ3v) is 7.05. The van der Waals surface area contributed by atoms with Gasteiger partial charge in [-0.15, -0.1) is 22.7 Å². The molecule has 1 aliphatic rings. The van der Waals surface area contributed by atoms with Gasteiger partial charge in [0.2, 0.25) is 0 Å². The third-order valence-electron chi connectivity index (χ3n) is 4.97. The van der Waals surface area contributed by atoms with E-state index in [1.54, 1.807) is 22.7 Å². The number of aliphatic hydroxyl groups is 1. The molecule has 0 saturated carbocycles. The largest absolute Gasteiger partial charge is 0.395 e. The summed E-state index contributed by atoms with van der Waals surface area (Å²) in [6.45, 7) is 5.19. The number of aromatic nitrogens is 1. The summed E-state index contributed by atoms with van der Waals surface area (Å²) in [5, 5.41) is 14.2. The van der Waals surface area contributed by atoms with Crippen molar-refractivity contribution < 1.29 is 9.90 Å². The summed E-state index contributed by atoms with van der Waals surface area (Å²) in [5.41, 5.74) is 1.18. The number of benzene rings is 1. The number of fused-ring (bicyclic) bond motifs is 1. The van der Waals surface area contributed by atoms with Crippen LogP contribution in [-0.4, -0.2) is 47.1 Å². The first-order valence-corrected chi connectivity index (χ1v) is 10.8. The van der Waals surface area contributed by atoms with Gasteiger partial charge in [-0.1, -0.05) is 18.2 Å². The molecule has 2 aromatic heterocycles. The molecule has 3 aromatic rings. The van der Waals surface area contributed by atoms with E-state index in [9.17, 15) is 4.79 Å². The zero-order valence-corrected chi connectivity index (χ0v) is 16.9. The van der Waals surface area contributed by atoms with Crippen LogP contribution in [-0.2, 0) is 6.54 Å². The van der Waals surface area contributed by atoms with E-state index in [1.807, 2.05) is 25.3 Å². The van der Waals surface area contributed by atoms with Crippen molar-refractivity contribution in [3.8, 4) is 0 Å². The van der Waals surface area contributed by atoms with Crippen LogP contribution in [0.5, 0.6) is 0 Å². The lowest BCUT2D eigenvalue weighted by molar-refractivity contribution is 0.0947. The first-order chi connectivity index (χ1) is 13.2. The summed E-state index contributed by atoms with van der Waals surface area (Å²) in [5.74, 6) is 0.279. The van der Waals surface area contributed by atoms with Gasteiger partial charge in [0.05, 0.1) is 16.5 Å². The van der Waals surface area contributed by atoms with Crippen LogP contribution in [0, 0.1) is 6.92 Å². The first kappa shape index (κ1) is 18.6. The SMILES string of the molecule is Cc1ncc(CN2CC[C@H](c3c(C(=O)NCCO)sc4ccccc34)C2)s1. The zero-order chi connectivity index (χ0) is 18.8. The summed E-state index contributed by atoms with van der Waals surface area (Å²) in [4.78, 5) is 21.6. The van der Waals surface area contributed by atoms with E-state index in [1.165, 1.54) is 15.8 Å². The van der Waals surface area contributed by atoms with Gasteiger partial charge in [-0.2, -0.15) is 0 Å². The highest BCUT2D eigenvalue weighted by atomic mass is 32.1. The molecule has 2 N–H and O–H groups in total. The standard InChI is InChI=1S/C20H23N3O2S2/c1-13-22-10-15(26-13)12-23-8-6-14(11-23)18-16-4-2-3-5-17(16)27-19(18)20(25)21-7-9-24/h2-5,10,14,24H,6-9,11-12H2,1H3,(H,21,25)/t14-/m0/s1. The Morgan fingerprint density at radius 3 is 3.00 bits per heavy atom. The molecule has 5 nitrogen and oxygen atoms in total. The highest BCUT2D eigenvalue weighted by molar-refractivity contribution is 7.21. The van der Waals surface area contributed by atoms with Gasteiger partial charge in [-0.3, -0.25) is 9.69 Å². The van der Waals surface area contributed by atoms with Crippen LogP contribution in [0.3, 0.4) is 0 Å². The molecule has 0 unspecified atom stereocenters. The minimum absolute atomic E-state index is 0.0442. The van der Waals surface area contributed by atoms with E-state index in [0.29, 0.717) is 5.92 Å². The fourth-order valence-corrected chi connectivity index (χ4v) is 5.84. The normalized spacial score (nSPS) is 17.6. The lowest BCUT2D eigenvalue weighted by Gasteiger charge is -2.16. The van der Waals surface area contributed by atoms with Crippen LogP contribution in [0.1, 0.15) is 37.5 Å². The minimum Gasteiger partial charge on any atom is -0.395 e. The summed E-state index contributed by atoms with van der Waals surface area (Å²) in [6, 6.07) is 8.27. The number of hydrogen-bond acceptors (Lipinski definition) is 6. The molecule has 1 fully saturated rings. The Morgan fingerprint density at radius 2 is 2.22 bits per heavy atom. The van der Waals surface area contributed by atoms with E-state index in [4.69, 9.17) is 5.11 Å². The van der Waals surface area contributed by atoms with Crippen LogP contribution in [0.4, 0.5) is 0 Å². The highest BCUT2D eigenvalue weighted by Crippen LogP contribution is 2.40. The predicted molar refractivity (Wildman–Crippen MR) is 111 cm³/mol. The topological polar surface area (TPSA) is 65.5 Å². The number of carbonyl (C=O) groups excluding carboxylic acids is 1. The van der Waals surface area contributed by atoms with Crippen LogP contribution in [0.15, 0.2) is 30.5 Å². The Balaban J connectivity index is 1.59. The number of amides is 1. The fourth-order valence-electron chi connectivity index (χ4n) is 3.80. The summed E-state index contributed by atoms with van der Waals surface area (Å²) in [7, 11) is 0. The molecule has 1 aliphatic heterocycles. The van der Waals surface area contributed by atoms with Gasteiger partial charge in [-0.05, 0) is 36.9 Å². The van der Waals surface area contributed by atoms with Crippen LogP contribution in [0.2, 0.25) is 0 Å². The van der Waals surface area contributed by atoms with Crippen LogP contribution < -0.4 is 5.32 Å². The minimum atomic E-state index is -0.0724. The molecular weight excluding hydrogens is 378 g/mol. The number of nitrogens with one attached hydrogen (secondary N) is 1. The molecule has 27 heavy (non-hydrogen) atoms. The second-order valence-electron chi connectivity index (χ2n) is 6.89. The molecule has 0 radical (unpaired) electrons. The number of thiophene rings is 1. The van der Waals surface area contributed by atoms with Crippen LogP contribution in [0.25, 0.3) is 10.1 Å². The van der Waals surface area contributed by atoms with E-state index in [-0.39, 0.29) is 19.1 Å². The maximum Gasteiger partial charge on any atom is 0.261 e. The molecule has 0 bridgehead atoms. The van der Waals surface area contributed by atoms with Crippen molar-refractivity contribution in [2.24, 2.45) is 0 Å². The Labute approximate surface area is 166 Å². The van der Waals surface area contributed by atoms with E-state index in [2.05, 4.69) is 27.3 Å². The van der Waals surface area contributed by atoms with Crippen LogP contribution >= 0.6 is 22.7 Å². The Kier molecular flexibility index (Phi) is 5.54. The first-order valence-electron chi connectivity index (χ1n) is 9.20. The Bertz CT molecular complexity index is 950. The van der Waals surface area contributed by atoms with Gasteiger partial charge in [0, 0.05) is 41.3 Å². The quantitative estimate of drug-likeness (QED) is 0.665. The molecule has 142 valence electrons. The summed E-state index contributed by atoms with van der Waals surface area (Å²) < 4.78 is 1.15. The molecular formula is C20H23N3O2S2. The van der Waals surface area contributed by atoms with Gasteiger partial charge in [0.25, 0.3) is 5.91 Å². The molecule has 1 aromatic carbocycles. The van der Waals surface area contributed by atoms with Gasteiger partial charge in [0.15, 0.2) is 0 Å². The van der Waals surface area contributed by atoms with E-state index in [0.717, 1.165) is 40.6 Å². The second-order valence-corrected chi connectivity index (χ2v) is 9.26. The number of aliphatic hydroxyl groups excluding tert-OH is 1. The number of thiazole rings is 1. The van der Waals surface area contributed by atoms with Gasteiger partial charge in [-0.25, -0.2) is 4.98 Å².